The van der Waals surface area contributed by atoms with Crippen LogP contribution in [0.5, 0.6) is 0 Å². The highest BCUT2D eigenvalue weighted by Crippen LogP contribution is 2.20. The van der Waals surface area contributed by atoms with Gasteiger partial charge in [-0.15, -0.1) is 9.78 Å². The van der Waals surface area contributed by atoms with Crippen molar-refractivity contribution in [3.05, 3.63) is 51.2 Å². The van der Waals surface area contributed by atoms with Crippen molar-refractivity contribution in [1.82, 2.24) is 19.8 Å². The lowest BCUT2D eigenvalue weighted by molar-refractivity contribution is 0.225. The number of nitrogens with zero attached hydrogens (tertiary/aromatic N) is 3. The zero-order chi connectivity index (χ0) is 18.8. The van der Waals surface area contributed by atoms with E-state index in [0.29, 0.717) is 23.7 Å². The monoisotopic (exact) mass is 365 g/mol. The van der Waals surface area contributed by atoms with Gasteiger partial charge in [0.2, 0.25) is 0 Å². The largest absolute Gasteiger partial charge is 0.373 e. The molecule has 1 aromatic carbocycles. The SMILES string of the molecule is CC(C)c1nn(C(=O)NC(C)(C)CCc2ccccc2Cl)c(=O)n1N. The van der Waals surface area contributed by atoms with Gasteiger partial charge in [0.25, 0.3) is 0 Å². The van der Waals surface area contributed by atoms with Gasteiger partial charge in [0.1, 0.15) is 0 Å². The van der Waals surface area contributed by atoms with Crippen LogP contribution in [0.1, 0.15) is 51.4 Å². The van der Waals surface area contributed by atoms with E-state index in [-0.39, 0.29) is 5.92 Å². The number of nitrogens with one attached hydrogen (secondary N) is 1. The van der Waals surface area contributed by atoms with Crippen molar-refractivity contribution in [1.29, 1.82) is 0 Å². The summed E-state index contributed by atoms with van der Waals surface area (Å²) in [6.07, 6.45) is 1.35. The number of aryl methyl sites for hydroxylation is 1. The lowest BCUT2D eigenvalue weighted by Crippen LogP contribution is -2.49. The molecule has 0 spiro atoms. The molecule has 0 aliphatic heterocycles. The van der Waals surface area contributed by atoms with E-state index in [1.165, 1.54) is 0 Å². The van der Waals surface area contributed by atoms with Crippen LogP contribution < -0.4 is 16.8 Å². The van der Waals surface area contributed by atoms with Crippen LogP contribution >= 0.6 is 11.6 Å². The maximum Gasteiger partial charge on any atom is 0.373 e. The van der Waals surface area contributed by atoms with Gasteiger partial charge >= 0.3 is 11.7 Å². The summed E-state index contributed by atoms with van der Waals surface area (Å²) in [7, 11) is 0. The van der Waals surface area contributed by atoms with Gasteiger partial charge in [0.15, 0.2) is 5.82 Å². The Morgan fingerprint density at radius 1 is 1.36 bits per heavy atom. The Balaban J connectivity index is 2.10. The molecule has 1 amide bonds. The first-order valence-electron chi connectivity index (χ1n) is 8.15. The normalized spacial score (nSPS) is 11.8. The third-order valence-corrected chi connectivity index (χ3v) is 4.34. The van der Waals surface area contributed by atoms with Crippen LogP contribution in [-0.2, 0) is 6.42 Å². The van der Waals surface area contributed by atoms with Crippen molar-refractivity contribution >= 4 is 17.6 Å². The molecule has 2 aromatic rings. The standard InChI is InChI=1S/C17H24ClN5O2/c1-11(2)14-21-23(16(25)22(14)19)15(24)20-17(3,4)10-9-12-7-5-6-8-13(12)18/h5-8,11H,9-10,19H2,1-4H3,(H,20,24). The number of carbonyl (C=O) groups excluding carboxylic acids is 1. The van der Waals surface area contributed by atoms with Crippen LogP contribution in [0, 0.1) is 0 Å². The molecule has 136 valence electrons. The van der Waals surface area contributed by atoms with Crippen LogP contribution in [0.25, 0.3) is 0 Å². The molecule has 0 saturated carbocycles. The second-order valence-corrected chi connectivity index (χ2v) is 7.39. The summed E-state index contributed by atoms with van der Waals surface area (Å²) in [5.74, 6) is 5.97. The number of hydrogen-bond acceptors (Lipinski definition) is 4. The molecular formula is C17H24ClN5O2. The fourth-order valence-electron chi connectivity index (χ4n) is 2.47. The van der Waals surface area contributed by atoms with Gasteiger partial charge in [-0.25, -0.2) is 9.59 Å². The smallest absolute Gasteiger partial charge is 0.333 e. The number of halogens is 1. The van der Waals surface area contributed by atoms with Crippen LogP contribution in [0.4, 0.5) is 4.79 Å². The second-order valence-electron chi connectivity index (χ2n) is 6.98. The average molecular weight is 366 g/mol. The van der Waals surface area contributed by atoms with E-state index in [9.17, 15) is 9.59 Å². The van der Waals surface area contributed by atoms with Crippen molar-refractivity contribution in [2.75, 3.05) is 5.84 Å². The van der Waals surface area contributed by atoms with Gasteiger partial charge in [0.05, 0.1) is 0 Å². The van der Waals surface area contributed by atoms with Crippen molar-refractivity contribution in [2.45, 2.75) is 52.0 Å². The number of amides is 1. The molecule has 0 unspecified atom stereocenters. The Morgan fingerprint density at radius 2 is 2.00 bits per heavy atom. The van der Waals surface area contributed by atoms with Crippen LogP contribution in [0.2, 0.25) is 5.02 Å². The van der Waals surface area contributed by atoms with E-state index >= 15 is 0 Å². The molecule has 0 aliphatic carbocycles. The van der Waals surface area contributed by atoms with Crippen LogP contribution in [-0.4, -0.2) is 26.0 Å². The molecule has 3 N–H and O–H groups in total. The van der Waals surface area contributed by atoms with E-state index < -0.39 is 17.3 Å². The van der Waals surface area contributed by atoms with Crippen molar-refractivity contribution in [3.8, 4) is 0 Å². The molecule has 0 radical (unpaired) electrons. The van der Waals surface area contributed by atoms with Crippen molar-refractivity contribution in [3.63, 3.8) is 0 Å². The van der Waals surface area contributed by atoms with Gasteiger partial charge in [0, 0.05) is 16.5 Å². The molecule has 8 heteroatoms. The quantitative estimate of drug-likeness (QED) is 0.796. The topological polar surface area (TPSA) is 94.9 Å². The Hall–Kier alpha value is -2.28. The molecule has 25 heavy (non-hydrogen) atoms. The summed E-state index contributed by atoms with van der Waals surface area (Å²) in [4.78, 5) is 24.5. The third-order valence-electron chi connectivity index (χ3n) is 3.97. The summed E-state index contributed by atoms with van der Waals surface area (Å²) in [6.45, 7) is 7.47. The van der Waals surface area contributed by atoms with Crippen molar-refractivity contribution < 1.29 is 4.79 Å². The highest BCUT2D eigenvalue weighted by Gasteiger charge is 2.25. The Bertz CT molecular complexity index is 823. The van der Waals surface area contributed by atoms with E-state index in [0.717, 1.165) is 14.9 Å². The maximum atomic E-state index is 12.4. The number of nitrogens with two attached hydrogens (primary N) is 1. The van der Waals surface area contributed by atoms with Crippen molar-refractivity contribution in [2.24, 2.45) is 0 Å². The first kappa shape index (κ1) is 19.1. The molecule has 1 aromatic heterocycles. The molecule has 0 fully saturated rings. The van der Waals surface area contributed by atoms with E-state index in [1.54, 1.807) is 0 Å². The summed E-state index contributed by atoms with van der Waals surface area (Å²) < 4.78 is 1.67. The Kier molecular flexibility index (Phi) is 5.57. The van der Waals surface area contributed by atoms with Gasteiger partial charge < -0.3 is 11.2 Å². The molecule has 0 atom stereocenters. The van der Waals surface area contributed by atoms with Gasteiger partial charge in [-0.05, 0) is 38.3 Å². The Morgan fingerprint density at radius 3 is 2.56 bits per heavy atom. The predicted molar refractivity (Wildman–Crippen MR) is 98.5 cm³/mol. The zero-order valence-corrected chi connectivity index (χ0v) is 15.7. The molecular weight excluding hydrogens is 342 g/mol. The highest BCUT2D eigenvalue weighted by atomic mass is 35.5. The average Bonchev–Trinajstić information content (AvgIpc) is 2.82. The first-order valence-corrected chi connectivity index (χ1v) is 8.53. The van der Waals surface area contributed by atoms with E-state index in [4.69, 9.17) is 17.4 Å². The zero-order valence-electron chi connectivity index (χ0n) is 14.9. The molecule has 1 heterocycles. The third kappa shape index (κ3) is 4.42. The molecule has 0 bridgehead atoms. The summed E-state index contributed by atoms with van der Waals surface area (Å²) in [6, 6.07) is 6.99. The highest BCUT2D eigenvalue weighted by molar-refractivity contribution is 6.31. The van der Waals surface area contributed by atoms with E-state index in [2.05, 4.69) is 10.4 Å². The molecule has 2 rings (SSSR count). The fourth-order valence-corrected chi connectivity index (χ4v) is 2.70. The first-order chi connectivity index (χ1) is 11.6. The minimum Gasteiger partial charge on any atom is -0.333 e. The Labute approximate surface area is 151 Å². The van der Waals surface area contributed by atoms with Gasteiger partial charge in [-0.1, -0.05) is 43.6 Å². The number of nitrogen functional groups attached to an aromatic ring is 1. The van der Waals surface area contributed by atoms with Crippen LogP contribution in [0.3, 0.4) is 0 Å². The lowest BCUT2D eigenvalue weighted by Gasteiger charge is -2.26. The predicted octanol–water partition coefficient (Wildman–Crippen LogP) is 2.50. The lowest BCUT2D eigenvalue weighted by atomic mass is 9.95. The molecule has 7 nitrogen and oxygen atoms in total. The minimum absolute atomic E-state index is 0.0695. The summed E-state index contributed by atoms with van der Waals surface area (Å²) in [5, 5.41) is 7.56. The van der Waals surface area contributed by atoms with E-state index in [1.807, 2.05) is 52.0 Å². The number of hydrogen-bond donors (Lipinski definition) is 2. The summed E-state index contributed by atoms with van der Waals surface area (Å²) >= 11 is 6.17. The number of benzene rings is 1. The minimum atomic E-state index is -0.664. The number of rotatable bonds is 5. The fraction of sp³-hybridized carbons (Fsp3) is 0.471. The van der Waals surface area contributed by atoms with Gasteiger partial charge in [-0.3, -0.25) is 0 Å². The number of carbonyl (C=O) groups is 1. The second kappa shape index (κ2) is 7.31. The maximum absolute atomic E-state index is 12.4. The number of aromatic nitrogens is 3. The summed E-state index contributed by atoms with van der Waals surface area (Å²) in [5.41, 5.74) is -0.202. The molecule has 0 aliphatic rings. The van der Waals surface area contributed by atoms with Crippen LogP contribution in [0.15, 0.2) is 29.1 Å². The molecule has 0 saturated heterocycles. The van der Waals surface area contributed by atoms with Gasteiger partial charge in [-0.2, -0.15) is 4.68 Å².